The summed E-state index contributed by atoms with van der Waals surface area (Å²) in [4.78, 5) is 0. The largest absolute Gasteiger partial charge is 0.438 e. The lowest BCUT2D eigenvalue weighted by Gasteiger charge is -2.30. The molecular formula is C10H21BO. The topological polar surface area (TPSA) is 9.23 Å². The molecule has 0 spiro atoms. The van der Waals surface area contributed by atoms with Gasteiger partial charge in [-0.3, -0.25) is 0 Å². The Kier molecular flexibility index (Phi) is 4.13. The van der Waals surface area contributed by atoms with Gasteiger partial charge >= 0.3 is 0 Å². The summed E-state index contributed by atoms with van der Waals surface area (Å²) in [7, 11) is 1.85. The molecule has 1 aliphatic rings. The maximum absolute atomic E-state index is 5.44. The Balaban J connectivity index is 2.34. The molecule has 1 rings (SSSR count). The lowest BCUT2D eigenvalue weighted by molar-refractivity contribution is 0.329. The minimum Gasteiger partial charge on any atom is -0.438 e. The Morgan fingerprint density at radius 1 is 1.42 bits per heavy atom. The van der Waals surface area contributed by atoms with Crippen LogP contribution in [-0.4, -0.2) is 14.0 Å². The van der Waals surface area contributed by atoms with Gasteiger partial charge in [-0.05, 0) is 30.9 Å². The summed E-state index contributed by atoms with van der Waals surface area (Å²) in [6.07, 6.45) is 6.72. The van der Waals surface area contributed by atoms with E-state index in [1.54, 1.807) is 0 Å². The Bertz CT molecular complexity index is 127. The molecule has 1 heterocycles. The van der Waals surface area contributed by atoms with Gasteiger partial charge in [0.15, 0.2) is 0 Å². The molecule has 2 heteroatoms. The van der Waals surface area contributed by atoms with Crippen molar-refractivity contribution in [2.45, 2.75) is 45.8 Å². The maximum atomic E-state index is 5.44. The summed E-state index contributed by atoms with van der Waals surface area (Å²) in [6, 6.07) is 0. The third-order valence-electron chi connectivity index (χ3n) is 3.03. The fourth-order valence-electron chi connectivity index (χ4n) is 2.51. The zero-order chi connectivity index (χ0) is 8.97. The third kappa shape index (κ3) is 2.82. The molecule has 0 saturated carbocycles. The van der Waals surface area contributed by atoms with Crippen molar-refractivity contribution < 1.29 is 4.65 Å². The van der Waals surface area contributed by atoms with Gasteiger partial charge in [0.05, 0.1) is 0 Å². The summed E-state index contributed by atoms with van der Waals surface area (Å²) in [5, 5.41) is 0. The van der Waals surface area contributed by atoms with Crippen LogP contribution in [0, 0.1) is 11.8 Å². The van der Waals surface area contributed by atoms with E-state index in [4.69, 9.17) is 4.65 Å². The molecule has 70 valence electrons. The second-order valence-corrected chi connectivity index (χ2v) is 4.32. The van der Waals surface area contributed by atoms with Crippen molar-refractivity contribution in [3.8, 4) is 0 Å². The highest BCUT2D eigenvalue weighted by atomic mass is 16.4. The first-order valence-corrected chi connectivity index (χ1v) is 5.29. The molecule has 0 bridgehead atoms. The van der Waals surface area contributed by atoms with Gasteiger partial charge in [-0.15, -0.1) is 0 Å². The number of rotatable bonds is 3. The molecule has 0 N–H and O–H groups in total. The van der Waals surface area contributed by atoms with Crippen LogP contribution in [0.15, 0.2) is 0 Å². The van der Waals surface area contributed by atoms with Crippen LogP contribution in [0.1, 0.15) is 33.1 Å². The quantitative estimate of drug-likeness (QED) is 0.588. The third-order valence-corrected chi connectivity index (χ3v) is 3.03. The molecular weight excluding hydrogens is 147 g/mol. The van der Waals surface area contributed by atoms with E-state index in [0.717, 1.165) is 11.8 Å². The van der Waals surface area contributed by atoms with Gasteiger partial charge < -0.3 is 4.65 Å². The molecule has 1 nitrogen and oxygen atoms in total. The molecule has 0 amide bonds. The molecule has 2 unspecified atom stereocenters. The first-order chi connectivity index (χ1) is 5.76. The van der Waals surface area contributed by atoms with Gasteiger partial charge in [0, 0.05) is 7.11 Å². The molecule has 12 heavy (non-hydrogen) atoms. The van der Waals surface area contributed by atoms with Crippen LogP contribution in [0.2, 0.25) is 12.6 Å². The zero-order valence-corrected chi connectivity index (χ0v) is 8.68. The molecule has 0 radical (unpaired) electrons. The molecule has 2 atom stereocenters. The monoisotopic (exact) mass is 168 g/mol. The highest BCUT2D eigenvalue weighted by Crippen LogP contribution is 2.32. The second kappa shape index (κ2) is 4.91. The molecule has 0 aromatic carbocycles. The van der Waals surface area contributed by atoms with Crippen LogP contribution in [-0.2, 0) is 4.65 Å². The summed E-state index contributed by atoms with van der Waals surface area (Å²) in [6.45, 7) is 5.18. The Morgan fingerprint density at radius 2 is 2.17 bits per heavy atom. The van der Waals surface area contributed by atoms with Gasteiger partial charge in [0.1, 0.15) is 0 Å². The second-order valence-electron chi connectivity index (χ2n) is 4.32. The smallest absolute Gasteiger partial charge is 0.293 e. The minimum absolute atomic E-state index is 0.547. The molecule has 0 aliphatic carbocycles. The van der Waals surface area contributed by atoms with Crippen LogP contribution in [0.4, 0.5) is 0 Å². The maximum Gasteiger partial charge on any atom is 0.293 e. The van der Waals surface area contributed by atoms with E-state index in [0.29, 0.717) is 6.92 Å². The number of hydrogen-bond donors (Lipinski definition) is 0. The predicted octanol–water partition coefficient (Wildman–Crippen LogP) is 3.08. The standard InChI is InChI=1S/C10H21BO/c1-4-5-10-6-9(2)7-11(8-10)12-3/h9-10H,4-8H2,1-3H3. The molecule has 1 saturated heterocycles. The van der Waals surface area contributed by atoms with Gasteiger partial charge in [-0.25, -0.2) is 0 Å². The van der Waals surface area contributed by atoms with Crippen molar-refractivity contribution in [3.63, 3.8) is 0 Å². The highest BCUT2D eigenvalue weighted by molar-refractivity contribution is 6.52. The molecule has 1 aliphatic heterocycles. The van der Waals surface area contributed by atoms with Gasteiger partial charge in [-0.1, -0.05) is 26.7 Å². The van der Waals surface area contributed by atoms with Crippen LogP contribution in [0.3, 0.4) is 0 Å². The van der Waals surface area contributed by atoms with E-state index in [1.165, 1.54) is 31.9 Å². The lowest BCUT2D eigenvalue weighted by atomic mass is 9.50. The first-order valence-electron chi connectivity index (χ1n) is 5.29. The predicted molar refractivity (Wildman–Crippen MR) is 54.6 cm³/mol. The van der Waals surface area contributed by atoms with Crippen molar-refractivity contribution in [2.24, 2.45) is 11.8 Å². The van der Waals surface area contributed by atoms with Crippen molar-refractivity contribution in [2.75, 3.05) is 7.11 Å². The average Bonchev–Trinajstić information content (AvgIpc) is 2.04. The van der Waals surface area contributed by atoms with Crippen molar-refractivity contribution >= 4 is 6.92 Å². The fraction of sp³-hybridized carbons (Fsp3) is 1.00. The first kappa shape index (κ1) is 10.1. The van der Waals surface area contributed by atoms with Crippen LogP contribution in [0.5, 0.6) is 0 Å². The highest BCUT2D eigenvalue weighted by Gasteiger charge is 2.28. The van der Waals surface area contributed by atoms with E-state index in [1.807, 2.05) is 7.11 Å². The van der Waals surface area contributed by atoms with Gasteiger partial charge in [0.25, 0.3) is 6.92 Å². The fourth-order valence-corrected chi connectivity index (χ4v) is 2.51. The summed E-state index contributed by atoms with van der Waals surface area (Å²) < 4.78 is 5.44. The SMILES string of the molecule is CCCC1CB(OC)CC(C)C1. The van der Waals surface area contributed by atoms with Crippen molar-refractivity contribution in [1.82, 2.24) is 0 Å². The van der Waals surface area contributed by atoms with E-state index >= 15 is 0 Å². The summed E-state index contributed by atoms with van der Waals surface area (Å²) in [5.41, 5.74) is 0. The minimum atomic E-state index is 0.547. The van der Waals surface area contributed by atoms with E-state index in [9.17, 15) is 0 Å². The van der Waals surface area contributed by atoms with Gasteiger partial charge in [0.2, 0.25) is 0 Å². The Hall–Kier alpha value is 0.0249. The summed E-state index contributed by atoms with van der Waals surface area (Å²) >= 11 is 0. The molecule has 1 fully saturated rings. The van der Waals surface area contributed by atoms with E-state index in [-0.39, 0.29) is 0 Å². The Morgan fingerprint density at radius 3 is 2.75 bits per heavy atom. The van der Waals surface area contributed by atoms with E-state index in [2.05, 4.69) is 13.8 Å². The normalized spacial score (nSPS) is 30.8. The van der Waals surface area contributed by atoms with Crippen molar-refractivity contribution in [3.05, 3.63) is 0 Å². The van der Waals surface area contributed by atoms with Crippen LogP contribution >= 0.6 is 0 Å². The lowest BCUT2D eigenvalue weighted by Crippen LogP contribution is -2.29. The molecule has 0 aromatic heterocycles. The average molecular weight is 168 g/mol. The summed E-state index contributed by atoms with van der Waals surface area (Å²) in [5.74, 6) is 1.81. The van der Waals surface area contributed by atoms with Crippen LogP contribution in [0.25, 0.3) is 0 Å². The van der Waals surface area contributed by atoms with E-state index < -0.39 is 0 Å². The van der Waals surface area contributed by atoms with Crippen LogP contribution < -0.4 is 0 Å². The Labute approximate surface area is 77.0 Å². The number of hydrogen-bond acceptors (Lipinski definition) is 1. The van der Waals surface area contributed by atoms with Gasteiger partial charge in [-0.2, -0.15) is 0 Å². The van der Waals surface area contributed by atoms with Crippen molar-refractivity contribution in [1.29, 1.82) is 0 Å². The zero-order valence-electron chi connectivity index (χ0n) is 8.68. The molecule has 0 aromatic rings.